The molecule has 0 saturated carbocycles. The van der Waals surface area contributed by atoms with Crippen LogP contribution >= 0.6 is 11.3 Å². The maximum atomic E-state index is 13.7. The van der Waals surface area contributed by atoms with E-state index in [1.54, 1.807) is 32.1 Å². The Balaban J connectivity index is 1.89. The number of rotatable bonds is 8. The highest BCUT2D eigenvalue weighted by Crippen LogP contribution is 2.38. The van der Waals surface area contributed by atoms with Crippen molar-refractivity contribution in [3.63, 3.8) is 0 Å². The predicted octanol–water partition coefficient (Wildman–Crippen LogP) is 3.49. The minimum absolute atomic E-state index is 0.219. The van der Waals surface area contributed by atoms with Gasteiger partial charge in [-0.1, -0.05) is 53.8 Å². The Morgan fingerprint density at radius 2 is 1.73 bits per heavy atom. The molecule has 0 aliphatic carbocycles. The summed E-state index contributed by atoms with van der Waals surface area (Å²) in [5.74, 6) is 0.921. The van der Waals surface area contributed by atoms with E-state index in [0.29, 0.717) is 43.4 Å². The van der Waals surface area contributed by atoms with E-state index in [2.05, 4.69) is 4.99 Å². The summed E-state index contributed by atoms with van der Waals surface area (Å²) in [6, 6.07) is 12.5. The number of thiazole rings is 1. The first kappa shape index (κ1) is 26.0. The molecule has 0 amide bonds. The number of fused-ring (bicyclic) bond motifs is 1. The molecular formula is C28H28N2O6S. The lowest BCUT2D eigenvalue weighted by Gasteiger charge is -2.21. The summed E-state index contributed by atoms with van der Waals surface area (Å²) < 4.78 is 23.6. The Hall–Kier alpha value is -4.11. The Morgan fingerprint density at radius 3 is 2.32 bits per heavy atom. The molecule has 4 rings (SSSR count). The lowest BCUT2D eigenvalue weighted by Crippen LogP contribution is -2.38. The van der Waals surface area contributed by atoms with Gasteiger partial charge in [-0.25, -0.2) is 9.79 Å². The maximum absolute atomic E-state index is 13.7. The van der Waals surface area contributed by atoms with Crippen LogP contribution in [0.1, 0.15) is 31.0 Å². The van der Waals surface area contributed by atoms with Crippen molar-refractivity contribution in [3.8, 4) is 17.2 Å². The second kappa shape index (κ2) is 11.3. The normalized spacial score (nSPS) is 15.4. The zero-order valence-electron chi connectivity index (χ0n) is 21.3. The standard InChI is InChI=1S/C28H28N2O6S/c1-6-36-27(32)24-17(2)29-28-30(20(24)13-12-18-10-8-7-9-11-18)26(31)23(37-28)16-19-14-21(33-3)25(35-5)22(15-19)34-4/h7-16,20H,6H2,1-5H3/b13-12+,23-16-/t20-/m1/s1. The molecule has 0 bridgehead atoms. The summed E-state index contributed by atoms with van der Waals surface area (Å²) in [4.78, 5) is 31.7. The fraction of sp³-hybridized carbons (Fsp3) is 0.250. The topological polar surface area (TPSA) is 88.4 Å². The molecule has 1 aliphatic rings. The summed E-state index contributed by atoms with van der Waals surface area (Å²) in [7, 11) is 4.60. The number of carbonyl (C=O) groups excluding carboxylic acids is 1. The molecule has 0 fully saturated rings. The number of carbonyl (C=O) groups is 1. The number of hydrogen-bond donors (Lipinski definition) is 0. The van der Waals surface area contributed by atoms with Gasteiger partial charge in [-0.15, -0.1) is 0 Å². The molecule has 0 saturated heterocycles. The number of allylic oxidation sites excluding steroid dienone is 2. The monoisotopic (exact) mass is 520 g/mol. The van der Waals surface area contributed by atoms with Crippen LogP contribution < -0.4 is 29.1 Å². The average Bonchev–Trinajstić information content (AvgIpc) is 3.21. The van der Waals surface area contributed by atoms with Crippen LogP contribution in [0.15, 0.2) is 69.6 Å². The van der Waals surface area contributed by atoms with Gasteiger partial charge in [0.1, 0.15) is 0 Å². The van der Waals surface area contributed by atoms with Gasteiger partial charge in [0, 0.05) is 0 Å². The van der Waals surface area contributed by atoms with Crippen LogP contribution in [0, 0.1) is 0 Å². The molecule has 8 nitrogen and oxygen atoms in total. The third-order valence-electron chi connectivity index (χ3n) is 5.81. The molecule has 37 heavy (non-hydrogen) atoms. The minimum atomic E-state index is -0.669. The van der Waals surface area contributed by atoms with Crippen LogP contribution in [-0.4, -0.2) is 38.5 Å². The van der Waals surface area contributed by atoms with Crippen molar-refractivity contribution in [2.45, 2.75) is 19.9 Å². The Morgan fingerprint density at radius 1 is 1.05 bits per heavy atom. The molecule has 0 N–H and O–H groups in total. The smallest absolute Gasteiger partial charge is 0.338 e. The van der Waals surface area contributed by atoms with Crippen molar-refractivity contribution in [2.24, 2.45) is 4.99 Å². The van der Waals surface area contributed by atoms with E-state index in [-0.39, 0.29) is 12.2 Å². The highest BCUT2D eigenvalue weighted by molar-refractivity contribution is 7.07. The van der Waals surface area contributed by atoms with Crippen molar-refractivity contribution in [3.05, 3.63) is 90.6 Å². The number of aromatic nitrogens is 1. The maximum Gasteiger partial charge on any atom is 0.338 e. The van der Waals surface area contributed by atoms with Crippen LogP contribution in [-0.2, 0) is 9.53 Å². The van der Waals surface area contributed by atoms with Gasteiger partial charge < -0.3 is 18.9 Å². The molecule has 1 aliphatic heterocycles. The largest absolute Gasteiger partial charge is 0.493 e. The minimum Gasteiger partial charge on any atom is -0.493 e. The zero-order chi connectivity index (χ0) is 26.5. The molecule has 0 radical (unpaired) electrons. The van der Waals surface area contributed by atoms with E-state index in [1.807, 2.05) is 42.5 Å². The zero-order valence-corrected chi connectivity index (χ0v) is 22.1. The third kappa shape index (κ3) is 5.22. The van der Waals surface area contributed by atoms with Crippen LogP contribution in [0.5, 0.6) is 17.2 Å². The number of methoxy groups -OCH3 is 3. The Labute approximate surface area is 218 Å². The van der Waals surface area contributed by atoms with Gasteiger partial charge in [-0.05, 0) is 43.2 Å². The third-order valence-corrected chi connectivity index (χ3v) is 6.80. The predicted molar refractivity (Wildman–Crippen MR) is 143 cm³/mol. The van der Waals surface area contributed by atoms with Crippen LogP contribution in [0.3, 0.4) is 0 Å². The fourth-order valence-corrected chi connectivity index (χ4v) is 5.17. The molecule has 3 aromatic rings. The first-order valence-corrected chi connectivity index (χ1v) is 12.5. The van der Waals surface area contributed by atoms with E-state index < -0.39 is 12.0 Å². The number of ether oxygens (including phenoxy) is 4. The molecule has 192 valence electrons. The summed E-state index contributed by atoms with van der Waals surface area (Å²) in [5.41, 5.74) is 2.22. The van der Waals surface area contributed by atoms with E-state index in [1.165, 1.54) is 37.2 Å². The van der Waals surface area contributed by atoms with E-state index in [9.17, 15) is 9.59 Å². The highest BCUT2D eigenvalue weighted by Gasteiger charge is 2.30. The average molecular weight is 521 g/mol. The number of nitrogens with zero attached hydrogens (tertiary/aromatic N) is 2. The molecule has 1 atom stereocenters. The quantitative estimate of drug-likeness (QED) is 0.423. The Bertz CT molecular complexity index is 1520. The molecule has 2 aromatic carbocycles. The number of hydrogen-bond acceptors (Lipinski definition) is 8. The van der Waals surface area contributed by atoms with Gasteiger partial charge in [0.05, 0.1) is 49.8 Å². The van der Waals surface area contributed by atoms with Gasteiger partial charge in [-0.3, -0.25) is 9.36 Å². The second-order valence-electron chi connectivity index (χ2n) is 8.07. The van der Waals surface area contributed by atoms with Crippen LogP contribution in [0.4, 0.5) is 0 Å². The Kier molecular flexibility index (Phi) is 7.93. The van der Waals surface area contributed by atoms with E-state index in [0.717, 1.165) is 5.56 Å². The fourth-order valence-electron chi connectivity index (χ4n) is 4.12. The lowest BCUT2D eigenvalue weighted by atomic mass is 10.0. The van der Waals surface area contributed by atoms with Crippen molar-refractivity contribution in [1.82, 2.24) is 4.57 Å². The van der Waals surface area contributed by atoms with Gasteiger partial charge in [0.25, 0.3) is 5.56 Å². The summed E-state index contributed by atoms with van der Waals surface area (Å²) in [6.07, 6.45) is 5.47. The highest BCUT2D eigenvalue weighted by atomic mass is 32.1. The second-order valence-corrected chi connectivity index (χ2v) is 9.08. The number of esters is 1. The molecule has 0 spiro atoms. The van der Waals surface area contributed by atoms with Crippen LogP contribution in [0.2, 0.25) is 0 Å². The molecule has 9 heteroatoms. The van der Waals surface area contributed by atoms with Gasteiger partial charge in [0.15, 0.2) is 16.3 Å². The lowest BCUT2D eigenvalue weighted by molar-refractivity contribution is -0.139. The van der Waals surface area contributed by atoms with Crippen LogP contribution in [0.25, 0.3) is 12.2 Å². The first-order chi connectivity index (χ1) is 17.9. The summed E-state index contributed by atoms with van der Waals surface area (Å²) in [6.45, 7) is 3.72. The molecule has 1 aromatic heterocycles. The molecule has 2 heterocycles. The molecule has 0 unspecified atom stereocenters. The van der Waals surface area contributed by atoms with Gasteiger partial charge in [0.2, 0.25) is 5.75 Å². The summed E-state index contributed by atoms with van der Waals surface area (Å²) >= 11 is 1.25. The summed E-state index contributed by atoms with van der Waals surface area (Å²) in [5, 5.41) is 0. The van der Waals surface area contributed by atoms with Crippen molar-refractivity contribution >= 4 is 29.5 Å². The molecular weight excluding hydrogens is 492 g/mol. The number of benzene rings is 2. The van der Waals surface area contributed by atoms with Crippen molar-refractivity contribution in [1.29, 1.82) is 0 Å². The first-order valence-electron chi connectivity index (χ1n) is 11.6. The SMILES string of the molecule is CCOC(=O)C1=C(C)N=c2s/c(=C\c3cc(OC)c(OC)c(OC)c3)c(=O)n2[C@@H]1/C=C/c1ccccc1. The van der Waals surface area contributed by atoms with E-state index >= 15 is 0 Å². The van der Waals surface area contributed by atoms with Crippen molar-refractivity contribution < 1.29 is 23.7 Å². The van der Waals surface area contributed by atoms with Gasteiger partial charge in [-0.2, -0.15) is 0 Å². The van der Waals surface area contributed by atoms with Crippen molar-refractivity contribution in [2.75, 3.05) is 27.9 Å². The van der Waals surface area contributed by atoms with Gasteiger partial charge >= 0.3 is 5.97 Å². The van der Waals surface area contributed by atoms with E-state index in [4.69, 9.17) is 18.9 Å².